The predicted molar refractivity (Wildman–Crippen MR) is 82.5 cm³/mol. The molecule has 1 heterocycles. The Labute approximate surface area is 121 Å². The third-order valence-electron chi connectivity index (χ3n) is 3.55. The van der Waals surface area contributed by atoms with E-state index in [1.54, 1.807) is 12.1 Å². The summed E-state index contributed by atoms with van der Waals surface area (Å²) in [6.45, 7) is 13.3. The second-order valence-corrected chi connectivity index (χ2v) is 7.05. The molecule has 0 aliphatic carbocycles. The van der Waals surface area contributed by atoms with E-state index in [1.165, 1.54) is 0 Å². The van der Waals surface area contributed by atoms with Crippen LogP contribution >= 0.6 is 0 Å². The molecule has 0 bridgehead atoms. The number of aromatic nitrogens is 1. The lowest BCUT2D eigenvalue weighted by atomic mass is 9.90. The number of carboxylic acid groups (broad SMARTS) is 1. The zero-order valence-corrected chi connectivity index (χ0v) is 13.4. The van der Waals surface area contributed by atoms with Crippen LogP contribution in [0.1, 0.15) is 64.0 Å². The minimum atomic E-state index is -0.921. The SMILES string of the molecule is CCC(C)(C)CNc1cc(C(=O)O)cc(C(C)(C)C)n1. The molecular formula is C16H26N2O2. The number of hydrogen-bond acceptors (Lipinski definition) is 3. The summed E-state index contributed by atoms with van der Waals surface area (Å²) in [6, 6.07) is 3.25. The number of carboxylic acids is 1. The number of rotatable bonds is 5. The van der Waals surface area contributed by atoms with E-state index in [9.17, 15) is 9.90 Å². The van der Waals surface area contributed by atoms with Crippen LogP contribution in [0, 0.1) is 5.41 Å². The second-order valence-electron chi connectivity index (χ2n) is 7.05. The van der Waals surface area contributed by atoms with E-state index in [0.717, 1.165) is 18.7 Å². The third-order valence-corrected chi connectivity index (χ3v) is 3.55. The zero-order valence-electron chi connectivity index (χ0n) is 13.4. The summed E-state index contributed by atoms with van der Waals surface area (Å²) in [5.74, 6) is -0.285. The molecule has 1 aromatic heterocycles. The van der Waals surface area contributed by atoms with Gasteiger partial charge in [0.05, 0.1) is 5.56 Å². The maximum atomic E-state index is 11.2. The van der Waals surface area contributed by atoms with Gasteiger partial charge in [0.2, 0.25) is 0 Å². The Morgan fingerprint density at radius 2 is 1.85 bits per heavy atom. The van der Waals surface area contributed by atoms with Gasteiger partial charge in [-0.15, -0.1) is 0 Å². The van der Waals surface area contributed by atoms with Gasteiger partial charge in [-0.2, -0.15) is 0 Å². The van der Waals surface area contributed by atoms with Crippen LogP contribution in [0.15, 0.2) is 12.1 Å². The van der Waals surface area contributed by atoms with Crippen LogP contribution in [0.3, 0.4) is 0 Å². The quantitative estimate of drug-likeness (QED) is 0.856. The maximum absolute atomic E-state index is 11.2. The first-order valence-electron chi connectivity index (χ1n) is 7.05. The van der Waals surface area contributed by atoms with Crippen molar-refractivity contribution < 1.29 is 9.90 Å². The van der Waals surface area contributed by atoms with Crippen molar-refractivity contribution in [2.75, 3.05) is 11.9 Å². The summed E-state index contributed by atoms with van der Waals surface area (Å²) < 4.78 is 0. The number of carbonyl (C=O) groups is 1. The molecule has 0 unspecified atom stereocenters. The summed E-state index contributed by atoms with van der Waals surface area (Å²) in [5.41, 5.74) is 1.04. The average molecular weight is 278 g/mol. The molecule has 1 aromatic rings. The van der Waals surface area contributed by atoms with Gasteiger partial charge in [0, 0.05) is 17.7 Å². The summed E-state index contributed by atoms with van der Waals surface area (Å²) in [7, 11) is 0. The van der Waals surface area contributed by atoms with Crippen molar-refractivity contribution in [3.8, 4) is 0 Å². The Kier molecular flexibility index (Phi) is 4.79. The topological polar surface area (TPSA) is 62.2 Å². The molecule has 1 rings (SSSR count). The molecule has 112 valence electrons. The molecule has 0 aliphatic heterocycles. The van der Waals surface area contributed by atoms with Crippen LogP contribution in [-0.4, -0.2) is 22.6 Å². The van der Waals surface area contributed by atoms with Gasteiger partial charge < -0.3 is 10.4 Å². The number of pyridine rings is 1. The summed E-state index contributed by atoms with van der Waals surface area (Å²) in [6.07, 6.45) is 1.05. The van der Waals surface area contributed by atoms with Gasteiger partial charge in [-0.3, -0.25) is 0 Å². The molecule has 4 heteroatoms. The van der Waals surface area contributed by atoms with Gasteiger partial charge in [-0.05, 0) is 24.0 Å². The van der Waals surface area contributed by atoms with Gasteiger partial charge in [-0.25, -0.2) is 9.78 Å². The fraction of sp³-hybridized carbons (Fsp3) is 0.625. The molecular weight excluding hydrogens is 252 g/mol. The smallest absolute Gasteiger partial charge is 0.335 e. The van der Waals surface area contributed by atoms with E-state index >= 15 is 0 Å². The van der Waals surface area contributed by atoms with Crippen molar-refractivity contribution in [1.82, 2.24) is 4.98 Å². The lowest BCUT2D eigenvalue weighted by Crippen LogP contribution is -2.23. The molecule has 0 spiro atoms. The molecule has 0 atom stereocenters. The van der Waals surface area contributed by atoms with Gasteiger partial charge >= 0.3 is 5.97 Å². The van der Waals surface area contributed by atoms with E-state index in [-0.39, 0.29) is 16.4 Å². The standard InChI is InChI=1S/C16H26N2O2/c1-7-16(5,6)10-17-13-9-11(14(19)20)8-12(18-13)15(2,3)4/h8-9H,7,10H2,1-6H3,(H,17,18)(H,19,20). The van der Waals surface area contributed by atoms with E-state index < -0.39 is 5.97 Å². The second kappa shape index (κ2) is 5.81. The summed E-state index contributed by atoms with van der Waals surface area (Å²) in [4.78, 5) is 15.8. The Hall–Kier alpha value is -1.58. The highest BCUT2D eigenvalue weighted by Crippen LogP contribution is 2.25. The minimum absolute atomic E-state index is 0.156. The number of aromatic carboxylic acids is 1. The van der Waals surface area contributed by atoms with Crippen molar-refractivity contribution >= 4 is 11.8 Å². The number of nitrogens with zero attached hydrogens (tertiary/aromatic N) is 1. The van der Waals surface area contributed by atoms with Gasteiger partial charge in [0.25, 0.3) is 0 Å². The number of nitrogens with one attached hydrogen (secondary N) is 1. The van der Waals surface area contributed by atoms with Crippen molar-refractivity contribution in [3.05, 3.63) is 23.4 Å². The molecule has 0 aliphatic rings. The molecule has 0 radical (unpaired) electrons. The molecule has 2 N–H and O–H groups in total. The fourth-order valence-electron chi connectivity index (χ4n) is 1.58. The third kappa shape index (κ3) is 4.51. The maximum Gasteiger partial charge on any atom is 0.335 e. The first-order chi connectivity index (χ1) is 9.05. The Balaban J connectivity index is 3.07. The van der Waals surface area contributed by atoms with Gasteiger partial charge in [0.1, 0.15) is 5.82 Å². The first kappa shape index (κ1) is 16.5. The predicted octanol–water partition coefficient (Wildman–Crippen LogP) is 3.93. The monoisotopic (exact) mass is 278 g/mol. The van der Waals surface area contributed by atoms with E-state index in [4.69, 9.17) is 0 Å². The highest BCUT2D eigenvalue weighted by atomic mass is 16.4. The normalized spacial score (nSPS) is 12.3. The summed E-state index contributed by atoms with van der Waals surface area (Å²) in [5, 5.41) is 12.5. The van der Waals surface area contributed by atoms with Crippen LogP contribution in [0.4, 0.5) is 5.82 Å². The molecule has 0 saturated heterocycles. The van der Waals surface area contributed by atoms with E-state index in [1.807, 2.05) is 20.8 Å². The molecule has 0 saturated carbocycles. The van der Waals surface area contributed by atoms with Crippen molar-refractivity contribution in [2.45, 2.75) is 53.4 Å². The molecule has 20 heavy (non-hydrogen) atoms. The fourth-order valence-corrected chi connectivity index (χ4v) is 1.58. The Morgan fingerprint density at radius 3 is 2.30 bits per heavy atom. The Bertz CT molecular complexity index is 488. The highest BCUT2D eigenvalue weighted by molar-refractivity contribution is 5.88. The van der Waals surface area contributed by atoms with Crippen LogP contribution < -0.4 is 5.32 Å². The zero-order chi connectivity index (χ0) is 15.6. The van der Waals surface area contributed by atoms with Crippen molar-refractivity contribution in [3.63, 3.8) is 0 Å². The molecule has 0 amide bonds. The van der Waals surface area contributed by atoms with Crippen LogP contribution in [0.25, 0.3) is 0 Å². The molecule has 0 aromatic carbocycles. The van der Waals surface area contributed by atoms with Crippen LogP contribution in [-0.2, 0) is 5.41 Å². The largest absolute Gasteiger partial charge is 0.478 e. The minimum Gasteiger partial charge on any atom is -0.478 e. The van der Waals surface area contributed by atoms with Gasteiger partial charge in [-0.1, -0.05) is 41.5 Å². The van der Waals surface area contributed by atoms with Crippen molar-refractivity contribution in [2.24, 2.45) is 5.41 Å². The van der Waals surface area contributed by atoms with Gasteiger partial charge in [0.15, 0.2) is 0 Å². The number of anilines is 1. The van der Waals surface area contributed by atoms with E-state index in [0.29, 0.717) is 5.82 Å². The average Bonchev–Trinajstić information content (AvgIpc) is 2.35. The lowest BCUT2D eigenvalue weighted by Gasteiger charge is -2.24. The number of hydrogen-bond donors (Lipinski definition) is 2. The highest BCUT2D eigenvalue weighted by Gasteiger charge is 2.20. The van der Waals surface area contributed by atoms with Crippen LogP contribution in [0.2, 0.25) is 0 Å². The molecule has 4 nitrogen and oxygen atoms in total. The first-order valence-corrected chi connectivity index (χ1v) is 7.05. The lowest BCUT2D eigenvalue weighted by molar-refractivity contribution is 0.0696. The summed E-state index contributed by atoms with van der Waals surface area (Å²) >= 11 is 0. The Morgan fingerprint density at radius 1 is 1.25 bits per heavy atom. The van der Waals surface area contributed by atoms with Crippen LogP contribution in [0.5, 0.6) is 0 Å². The van der Waals surface area contributed by atoms with E-state index in [2.05, 4.69) is 31.1 Å². The van der Waals surface area contributed by atoms with Crippen molar-refractivity contribution in [1.29, 1.82) is 0 Å². The molecule has 0 fully saturated rings.